The first-order valence-electron chi connectivity index (χ1n) is 5.14. The summed E-state index contributed by atoms with van der Waals surface area (Å²) < 4.78 is 0. The molecule has 1 aromatic carbocycles. The molecule has 1 rings (SSSR count). The third-order valence-corrected chi connectivity index (χ3v) is 2.44. The molecule has 3 nitrogen and oxygen atoms in total. The van der Waals surface area contributed by atoms with Crippen LogP contribution in [0.3, 0.4) is 0 Å². The predicted octanol–water partition coefficient (Wildman–Crippen LogP) is 2.35. The average Bonchev–Trinajstić information content (AvgIpc) is 2.26. The van der Waals surface area contributed by atoms with Crippen molar-refractivity contribution in [2.75, 3.05) is 6.54 Å². The number of nitrogens with zero attached hydrogens (tertiary/aromatic N) is 1. The highest BCUT2D eigenvalue weighted by Crippen LogP contribution is 2.25. The molecular formula is C13H16N2O. The second-order valence-corrected chi connectivity index (χ2v) is 3.76. The summed E-state index contributed by atoms with van der Waals surface area (Å²) in [7, 11) is 0. The zero-order valence-electron chi connectivity index (χ0n) is 9.62. The van der Waals surface area contributed by atoms with Gasteiger partial charge in [-0.2, -0.15) is 5.26 Å². The van der Waals surface area contributed by atoms with E-state index in [9.17, 15) is 5.11 Å². The number of benzene rings is 1. The van der Waals surface area contributed by atoms with Gasteiger partial charge in [0.1, 0.15) is 11.8 Å². The lowest BCUT2D eigenvalue weighted by molar-refractivity contribution is 0.466. The lowest BCUT2D eigenvalue weighted by Crippen LogP contribution is -2.19. The molecule has 84 valence electrons. The fourth-order valence-corrected chi connectivity index (χ4v) is 1.60. The Morgan fingerprint density at radius 1 is 1.50 bits per heavy atom. The van der Waals surface area contributed by atoms with E-state index in [1.54, 1.807) is 6.08 Å². The monoisotopic (exact) mass is 216 g/mol. The average molecular weight is 216 g/mol. The largest absolute Gasteiger partial charge is 0.507 e. The molecule has 0 saturated heterocycles. The molecule has 0 aliphatic heterocycles. The highest BCUT2D eigenvalue weighted by atomic mass is 16.3. The smallest absolute Gasteiger partial charge is 0.121 e. The minimum atomic E-state index is -0.365. The molecule has 2 N–H and O–H groups in total. The Morgan fingerprint density at radius 2 is 2.06 bits per heavy atom. The normalized spacial score (nSPS) is 11.8. The molecule has 1 unspecified atom stereocenters. The van der Waals surface area contributed by atoms with Crippen molar-refractivity contribution in [3.05, 3.63) is 41.5 Å². The summed E-state index contributed by atoms with van der Waals surface area (Å²) in [6.07, 6.45) is 1.71. The fourth-order valence-electron chi connectivity index (χ4n) is 1.60. The van der Waals surface area contributed by atoms with Crippen molar-refractivity contribution in [1.29, 1.82) is 5.26 Å². The van der Waals surface area contributed by atoms with E-state index >= 15 is 0 Å². The summed E-state index contributed by atoms with van der Waals surface area (Å²) in [6.45, 7) is 7.83. The van der Waals surface area contributed by atoms with Gasteiger partial charge in [-0.25, -0.2) is 0 Å². The predicted molar refractivity (Wildman–Crippen MR) is 64.1 cm³/mol. The van der Waals surface area contributed by atoms with Gasteiger partial charge in [-0.3, -0.25) is 5.32 Å². The van der Waals surface area contributed by atoms with Gasteiger partial charge in [0.05, 0.1) is 6.07 Å². The zero-order valence-corrected chi connectivity index (χ0v) is 9.62. The molecule has 3 heteroatoms. The summed E-state index contributed by atoms with van der Waals surface area (Å²) in [6, 6.07) is 5.47. The van der Waals surface area contributed by atoms with Crippen molar-refractivity contribution in [3.8, 4) is 11.8 Å². The number of hydrogen-bond donors (Lipinski definition) is 2. The molecule has 0 spiro atoms. The second kappa shape index (κ2) is 5.34. The van der Waals surface area contributed by atoms with Crippen LogP contribution in [0.4, 0.5) is 0 Å². The molecular weight excluding hydrogens is 200 g/mol. The first kappa shape index (κ1) is 12.3. The van der Waals surface area contributed by atoms with Gasteiger partial charge in [-0.05, 0) is 42.7 Å². The third-order valence-electron chi connectivity index (χ3n) is 2.44. The summed E-state index contributed by atoms with van der Waals surface area (Å²) >= 11 is 0. The second-order valence-electron chi connectivity index (χ2n) is 3.76. The molecule has 0 aliphatic rings. The highest BCUT2D eigenvalue weighted by Gasteiger charge is 2.12. The Labute approximate surface area is 96.0 Å². The topological polar surface area (TPSA) is 56.0 Å². The van der Waals surface area contributed by atoms with Crippen LogP contribution in [-0.2, 0) is 0 Å². The maximum Gasteiger partial charge on any atom is 0.121 e. The summed E-state index contributed by atoms with van der Waals surface area (Å²) in [5.74, 6) is 0.296. The first-order chi connectivity index (χ1) is 7.60. The number of nitriles is 1. The van der Waals surface area contributed by atoms with Crippen LogP contribution < -0.4 is 5.32 Å². The molecule has 0 fully saturated rings. The fraction of sp³-hybridized carbons (Fsp3) is 0.308. The molecule has 0 heterocycles. The van der Waals surface area contributed by atoms with Gasteiger partial charge >= 0.3 is 0 Å². The minimum Gasteiger partial charge on any atom is -0.507 e. The van der Waals surface area contributed by atoms with E-state index in [2.05, 4.69) is 18.0 Å². The van der Waals surface area contributed by atoms with Crippen molar-refractivity contribution in [2.24, 2.45) is 0 Å². The van der Waals surface area contributed by atoms with E-state index in [4.69, 9.17) is 5.26 Å². The Bertz CT molecular complexity index is 409. The molecule has 0 aromatic heterocycles. The Hall–Kier alpha value is -1.79. The van der Waals surface area contributed by atoms with Gasteiger partial charge in [-0.15, -0.1) is 6.58 Å². The van der Waals surface area contributed by atoms with Gasteiger partial charge in [0.15, 0.2) is 0 Å². The summed E-state index contributed by atoms with van der Waals surface area (Å²) in [5, 5.41) is 21.7. The molecule has 16 heavy (non-hydrogen) atoms. The summed E-state index contributed by atoms with van der Waals surface area (Å²) in [5.41, 5.74) is 2.45. The van der Waals surface area contributed by atoms with Crippen LogP contribution in [0.15, 0.2) is 24.8 Å². The SMILES string of the molecule is C=CCNC(C#N)c1cc(C)c(O)c(C)c1. The quantitative estimate of drug-likeness (QED) is 0.759. The van der Waals surface area contributed by atoms with Crippen LogP contribution in [0.1, 0.15) is 22.7 Å². The first-order valence-corrected chi connectivity index (χ1v) is 5.14. The van der Waals surface area contributed by atoms with Crippen LogP contribution in [-0.4, -0.2) is 11.7 Å². The number of aromatic hydroxyl groups is 1. The van der Waals surface area contributed by atoms with E-state index < -0.39 is 0 Å². The standard InChI is InChI=1S/C13H16N2O/c1-4-5-15-12(8-14)11-6-9(2)13(16)10(3)7-11/h4,6-7,12,15-16H,1,5H2,2-3H3. The highest BCUT2D eigenvalue weighted by molar-refractivity contribution is 5.44. The molecule has 0 radical (unpaired) electrons. The number of phenolic OH excluding ortho intramolecular Hbond substituents is 1. The van der Waals surface area contributed by atoms with Crippen LogP contribution in [0.5, 0.6) is 5.75 Å². The molecule has 0 amide bonds. The number of nitrogens with one attached hydrogen (secondary N) is 1. The maximum absolute atomic E-state index is 9.64. The number of phenols is 1. The Kier molecular flexibility index (Phi) is 4.10. The van der Waals surface area contributed by atoms with Crippen molar-refractivity contribution >= 4 is 0 Å². The van der Waals surface area contributed by atoms with Crippen LogP contribution in [0, 0.1) is 25.2 Å². The molecule has 1 aromatic rings. The lowest BCUT2D eigenvalue weighted by Gasteiger charge is -2.13. The van der Waals surface area contributed by atoms with Crippen molar-refractivity contribution in [1.82, 2.24) is 5.32 Å². The maximum atomic E-state index is 9.64. The van der Waals surface area contributed by atoms with Crippen LogP contribution >= 0.6 is 0 Å². The van der Waals surface area contributed by atoms with E-state index in [0.29, 0.717) is 12.3 Å². The minimum absolute atomic E-state index is 0.296. The van der Waals surface area contributed by atoms with Gasteiger partial charge in [-0.1, -0.05) is 6.08 Å². The van der Waals surface area contributed by atoms with Crippen molar-refractivity contribution in [3.63, 3.8) is 0 Å². The van der Waals surface area contributed by atoms with Gasteiger partial charge in [0.2, 0.25) is 0 Å². The zero-order chi connectivity index (χ0) is 12.1. The van der Waals surface area contributed by atoms with Crippen molar-refractivity contribution in [2.45, 2.75) is 19.9 Å². The lowest BCUT2D eigenvalue weighted by atomic mass is 10.0. The van der Waals surface area contributed by atoms with E-state index in [0.717, 1.165) is 16.7 Å². The Morgan fingerprint density at radius 3 is 2.50 bits per heavy atom. The van der Waals surface area contributed by atoms with Crippen LogP contribution in [0.25, 0.3) is 0 Å². The summed E-state index contributed by atoms with van der Waals surface area (Å²) in [4.78, 5) is 0. The molecule has 0 aliphatic carbocycles. The van der Waals surface area contributed by atoms with Crippen molar-refractivity contribution < 1.29 is 5.11 Å². The van der Waals surface area contributed by atoms with E-state index in [-0.39, 0.29) is 6.04 Å². The number of rotatable bonds is 4. The Balaban J connectivity index is 3.02. The van der Waals surface area contributed by atoms with Gasteiger partial charge in [0, 0.05) is 6.54 Å². The third kappa shape index (κ3) is 2.62. The number of hydrogen-bond acceptors (Lipinski definition) is 3. The van der Waals surface area contributed by atoms with E-state index in [1.165, 1.54) is 0 Å². The van der Waals surface area contributed by atoms with Crippen LogP contribution in [0.2, 0.25) is 0 Å². The molecule has 0 saturated carbocycles. The molecule has 1 atom stereocenters. The van der Waals surface area contributed by atoms with Gasteiger partial charge < -0.3 is 5.11 Å². The van der Waals surface area contributed by atoms with E-state index in [1.807, 2.05) is 26.0 Å². The van der Waals surface area contributed by atoms with Gasteiger partial charge in [0.25, 0.3) is 0 Å². The molecule has 0 bridgehead atoms. The number of aryl methyl sites for hydroxylation is 2.